The minimum absolute atomic E-state index is 0.169. The largest absolute Gasteiger partial charge is 0.481 e. The third-order valence-corrected chi connectivity index (χ3v) is 3.04. The lowest BCUT2D eigenvalue weighted by molar-refractivity contribution is -0.144. The summed E-state index contributed by atoms with van der Waals surface area (Å²) in [6.07, 6.45) is 4.56. The van der Waals surface area contributed by atoms with E-state index in [1.807, 2.05) is 4.90 Å². The molecular formula is C12H16N4O3. The molecule has 1 amide bonds. The Labute approximate surface area is 110 Å². The van der Waals surface area contributed by atoms with Gasteiger partial charge in [-0.05, 0) is 25.5 Å². The number of rotatable bonds is 4. The predicted molar refractivity (Wildman–Crippen MR) is 67.5 cm³/mol. The number of carboxylic acids is 1. The van der Waals surface area contributed by atoms with Crippen LogP contribution in [0.4, 0.5) is 5.95 Å². The van der Waals surface area contributed by atoms with Crippen LogP contribution in [-0.4, -0.2) is 51.5 Å². The first-order valence-electron chi connectivity index (χ1n) is 6.17. The van der Waals surface area contributed by atoms with E-state index in [-0.39, 0.29) is 24.3 Å². The van der Waals surface area contributed by atoms with Crippen molar-refractivity contribution in [3.63, 3.8) is 0 Å². The number of amides is 1. The van der Waals surface area contributed by atoms with E-state index in [1.54, 1.807) is 18.5 Å². The van der Waals surface area contributed by atoms with Crippen LogP contribution in [0, 0.1) is 5.92 Å². The molecule has 1 atom stereocenters. The van der Waals surface area contributed by atoms with Crippen LogP contribution >= 0.6 is 0 Å². The highest BCUT2D eigenvalue weighted by Crippen LogP contribution is 2.16. The Morgan fingerprint density at radius 2 is 2.16 bits per heavy atom. The Morgan fingerprint density at radius 1 is 1.42 bits per heavy atom. The van der Waals surface area contributed by atoms with Crippen LogP contribution in [0.25, 0.3) is 0 Å². The third kappa shape index (κ3) is 3.99. The summed E-state index contributed by atoms with van der Waals surface area (Å²) in [5.74, 6) is -1.14. The number of carbonyl (C=O) groups is 2. The maximum Gasteiger partial charge on any atom is 0.307 e. The van der Waals surface area contributed by atoms with E-state index in [0.29, 0.717) is 13.0 Å². The van der Waals surface area contributed by atoms with Crippen LogP contribution in [0.15, 0.2) is 18.5 Å². The van der Waals surface area contributed by atoms with Crippen molar-refractivity contribution in [2.75, 3.05) is 25.0 Å². The molecule has 1 aromatic heterocycles. The minimum Gasteiger partial charge on any atom is -0.481 e. The van der Waals surface area contributed by atoms with E-state index in [9.17, 15) is 9.59 Å². The van der Waals surface area contributed by atoms with Crippen molar-refractivity contribution in [1.82, 2.24) is 14.9 Å². The number of hydrogen-bond donors (Lipinski definition) is 2. The molecule has 1 aliphatic heterocycles. The Balaban J connectivity index is 1.83. The van der Waals surface area contributed by atoms with Gasteiger partial charge in [0.05, 0.1) is 12.5 Å². The van der Waals surface area contributed by atoms with Crippen molar-refractivity contribution in [3.05, 3.63) is 18.5 Å². The topological polar surface area (TPSA) is 95.4 Å². The molecule has 0 aromatic carbocycles. The van der Waals surface area contributed by atoms with E-state index >= 15 is 0 Å². The Morgan fingerprint density at radius 3 is 2.84 bits per heavy atom. The molecule has 19 heavy (non-hydrogen) atoms. The molecule has 0 radical (unpaired) electrons. The van der Waals surface area contributed by atoms with Gasteiger partial charge in [0, 0.05) is 18.9 Å². The average Bonchev–Trinajstić information content (AvgIpc) is 2.40. The van der Waals surface area contributed by atoms with Gasteiger partial charge in [-0.25, -0.2) is 9.97 Å². The highest BCUT2D eigenvalue weighted by Gasteiger charge is 2.26. The third-order valence-electron chi connectivity index (χ3n) is 3.04. The minimum atomic E-state index is -0.795. The summed E-state index contributed by atoms with van der Waals surface area (Å²) < 4.78 is 0. The number of aromatic nitrogens is 2. The van der Waals surface area contributed by atoms with E-state index in [2.05, 4.69) is 15.3 Å². The second-order valence-corrected chi connectivity index (χ2v) is 4.53. The van der Waals surface area contributed by atoms with Gasteiger partial charge in [-0.3, -0.25) is 19.8 Å². The molecule has 1 saturated heterocycles. The number of piperidine rings is 1. The summed E-state index contributed by atoms with van der Waals surface area (Å²) in [6, 6.07) is 1.66. The van der Waals surface area contributed by atoms with Gasteiger partial charge in [-0.1, -0.05) is 0 Å². The molecule has 0 bridgehead atoms. The Bertz CT molecular complexity index is 452. The average molecular weight is 264 g/mol. The molecule has 102 valence electrons. The fraction of sp³-hybridized carbons (Fsp3) is 0.500. The van der Waals surface area contributed by atoms with Crippen LogP contribution in [-0.2, 0) is 9.59 Å². The number of anilines is 1. The molecule has 1 fully saturated rings. The fourth-order valence-corrected chi connectivity index (χ4v) is 2.13. The summed E-state index contributed by atoms with van der Waals surface area (Å²) in [4.78, 5) is 32.4. The Kier molecular flexibility index (Phi) is 4.40. The molecule has 1 unspecified atom stereocenters. The monoisotopic (exact) mass is 264 g/mol. The van der Waals surface area contributed by atoms with Crippen molar-refractivity contribution < 1.29 is 14.7 Å². The summed E-state index contributed by atoms with van der Waals surface area (Å²) >= 11 is 0. The molecule has 1 aromatic rings. The van der Waals surface area contributed by atoms with Gasteiger partial charge in [-0.15, -0.1) is 0 Å². The lowest BCUT2D eigenvalue weighted by Crippen LogP contribution is -2.42. The van der Waals surface area contributed by atoms with Crippen LogP contribution < -0.4 is 5.32 Å². The lowest BCUT2D eigenvalue weighted by atomic mass is 9.98. The van der Waals surface area contributed by atoms with E-state index in [4.69, 9.17) is 5.11 Å². The van der Waals surface area contributed by atoms with Crippen LogP contribution in [0.1, 0.15) is 12.8 Å². The zero-order chi connectivity index (χ0) is 13.7. The molecule has 7 heteroatoms. The molecule has 2 rings (SSSR count). The van der Waals surface area contributed by atoms with Gasteiger partial charge < -0.3 is 5.11 Å². The first-order chi connectivity index (χ1) is 9.15. The molecule has 1 aliphatic rings. The number of nitrogens with one attached hydrogen (secondary N) is 1. The fourth-order valence-electron chi connectivity index (χ4n) is 2.13. The highest BCUT2D eigenvalue weighted by atomic mass is 16.4. The maximum absolute atomic E-state index is 11.8. The SMILES string of the molecule is O=C(CN1CCCC(C(=O)O)C1)Nc1ncccn1. The van der Waals surface area contributed by atoms with E-state index in [1.165, 1.54) is 0 Å². The van der Waals surface area contributed by atoms with Crippen molar-refractivity contribution in [1.29, 1.82) is 0 Å². The van der Waals surface area contributed by atoms with Crippen LogP contribution in [0.2, 0.25) is 0 Å². The van der Waals surface area contributed by atoms with Gasteiger partial charge in [0.25, 0.3) is 0 Å². The normalized spacial score (nSPS) is 19.9. The standard InChI is InChI=1S/C12H16N4O3/c17-10(15-12-13-4-2-5-14-12)8-16-6-1-3-9(7-16)11(18)19/h2,4-5,9H,1,3,6-8H2,(H,18,19)(H,13,14,15,17). The predicted octanol–water partition coefficient (Wildman–Crippen LogP) is 0.212. The second kappa shape index (κ2) is 6.24. The Hall–Kier alpha value is -2.02. The summed E-state index contributed by atoms with van der Waals surface area (Å²) in [5.41, 5.74) is 0. The quantitative estimate of drug-likeness (QED) is 0.807. The van der Waals surface area contributed by atoms with E-state index < -0.39 is 5.97 Å². The van der Waals surface area contributed by atoms with Gasteiger partial charge in [-0.2, -0.15) is 0 Å². The van der Waals surface area contributed by atoms with Gasteiger partial charge in [0.1, 0.15) is 0 Å². The smallest absolute Gasteiger partial charge is 0.307 e. The van der Waals surface area contributed by atoms with Crippen LogP contribution in [0.5, 0.6) is 0 Å². The lowest BCUT2D eigenvalue weighted by Gasteiger charge is -2.29. The molecule has 0 aliphatic carbocycles. The number of carbonyl (C=O) groups excluding carboxylic acids is 1. The summed E-state index contributed by atoms with van der Waals surface area (Å²) in [5, 5.41) is 11.6. The number of aliphatic carboxylic acids is 1. The molecule has 7 nitrogen and oxygen atoms in total. The van der Waals surface area contributed by atoms with Crippen molar-refractivity contribution >= 4 is 17.8 Å². The maximum atomic E-state index is 11.8. The highest BCUT2D eigenvalue weighted by molar-refractivity contribution is 5.90. The van der Waals surface area contributed by atoms with Crippen molar-refractivity contribution in [2.24, 2.45) is 5.92 Å². The number of hydrogen-bond acceptors (Lipinski definition) is 5. The molecule has 0 saturated carbocycles. The molecule has 0 spiro atoms. The first kappa shape index (κ1) is 13.4. The molecule has 2 heterocycles. The number of likely N-dealkylation sites (tertiary alicyclic amines) is 1. The van der Waals surface area contributed by atoms with Crippen molar-refractivity contribution in [2.45, 2.75) is 12.8 Å². The first-order valence-corrected chi connectivity index (χ1v) is 6.17. The van der Waals surface area contributed by atoms with Crippen LogP contribution in [0.3, 0.4) is 0 Å². The van der Waals surface area contributed by atoms with Gasteiger partial charge >= 0.3 is 5.97 Å². The van der Waals surface area contributed by atoms with Crippen molar-refractivity contribution in [3.8, 4) is 0 Å². The summed E-state index contributed by atoms with van der Waals surface area (Å²) in [7, 11) is 0. The molecular weight excluding hydrogens is 248 g/mol. The van der Waals surface area contributed by atoms with Gasteiger partial charge in [0.2, 0.25) is 11.9 Å². The summed E-state index contributed by atoms with van der Waals surface area (Å²) in [6.45, 7) is 1.33. The second-order valence-electron chi connectivity index (χ2n) is 4.53. The number of nitrogens with zero attached hydrogens (tertiary/aromatic N) is 3. The number of carboxylic acid groups (broad SMARTS) is 1. The van der Waals surface area contributed by atoms with Gasteiger partial charge in [0.15, 0.2) is 0 Å². The van der Waals surface area contributed by atoms with E-state index in [0.717, 1.165) is 13.0 Å². The molecule has 2 N–H and O–H groups in total. The zero-order valence-electron chi connectivity index (χ0n) is 10.5. The zero-order valence-corrected chi connectivity index (χ0v) is 10.5.